The second-order valence-corrected chi connectivity index (χ2v) is 11.3. The molecule has 1 N–H and O–H groups in total. The lowest BCUT2D eigenvalue weighted by molar-refractivity contribution is -0.137. The number of carbonyl (C=O) groups is 1. The van der Waals surface area contributed by atoms with Crippen molar-refractivity contribution in [2.24, 2.45) is 0 Å². The van der Waals surface area contributed by atoms with Crippen molar-refractivity contribution < 1.29 is 19.1 Å². The molecular formula is C15H30O4Si. The van der Waals surface area contributed by atoms with Gasteiger partial charge in [-0.2, -0.15) is 0 Å². The van der Waals surface area contributed by atoms with Gasteiger partial charge in [0.15, 0.2) is 8.32 Å². The van der Waals surface area contributed by atoms with Crippen molar-refractivity contribution in [2.75, 3.05) is 13.2 Å². The van der Waals surface area contributed by atoms with Gasteiger partial charge in [0.05, 0.1) is 12.7 Å². The van der Waals surface area contributed by atoms with Gasteiger partial charge in [-0.25, -0.2) is 4.79 Å². The van der Waals surface area contributed by atoms with Gasteiger partial charge in [0.25, 0.3) is 0 Å². The van der Waals surface area contributed by atoms with E-state index < -0.39 is 14.4 Å². The number of ether oxygens (including phenoxy) is 1. The third-order valence-electron chi connectivity index (χ3n) is 3.67. The Balaban J connectivity index is 3.95. The van der Waals surface area contributed by atoms with Crippen LogP contribution in [-0.2, 0) is 14.0 Å². The number of hydrogen-bond donors (Lipinski definition) is 1. The molecule has 118 valence electrons. The third kappa shape index (κ3) is 7.82. The van der Waals surface area contributed by atoms with Gasteiger partial charge >= 0.3 is 5.97 Å². The van der Waals surface area contributed by atoms with E-state index in [0.29, 0.717) is 26.1 Å². The maximum Gasteiger partial charge on any atom is 0.330 e. The Morgan fingerprint density at radius 3 is 2.45 bits per heavy atom. The lowest BCUT2D eigenvalue weighted by atomic mass is 10.2. The molecule has 20 heavy (non-hydrogen) atoms. The summed E-state index contributed by atoms with van der Waals surface area (Å²) in [5, 5.41) is 10.0. The Kier molecular flexibility index (Phi) is 8.31. The van der Waals surface area contributed by atoms with Gasteiger partial charge < -0.3 is 14.3 Å². The van der Waals surface area contributed by atoms with Crippen LogP contribution in [0, 0.1) is 0 Å². The molecule has 0 saturated heterocycles. The molecule has 0 rings (SSSR count). The van der Waals surface area contributed by atoms with Crippen molar-refractivity contribution in [3.8, 4) is 0 Å². The fourth-order valence-corrected chi connectivity index (χ4v) is 2.36. The molecular weight excluding hydrogens is 272 g/mol. The molecule has 1 atom stereocenters. The van der Waals surface area contributed by atoms with Crippen LogP contribution in [0.4, 0.5) is 0 Å². The van der Waals surface area contributed by atoms with E-state index >= 15 is 0 Å². The van der Waals surface area contributed by atoms with Gasteiger partial charge in [-0.15, -0.1) is 0 Å². The quantitative estimate of drug-likeness (QED) is 0.425. The Morgan fingerprint density at radius 2 is 1.95 bits per heavy atom. The average molecular weight is 302 g/mol. The normalized spacial score (nSPS) is 14.6. The molecule has 0 aromatic rings. The van der Waals surface area contributed by atoms with Crippen LogP contribution in [0.15, 0.2) is 12.2 Å². The van der Waals surface area contributed by atoms with Crippen LogP contribution in [0.5, 0.6) is 0 Å². The van der Waals surface area contributed by atoms with Crippen molar-refractivity contribution in [1.29, 1.82) is 0 Å². The highest BCUT2D eigenvalue weighted by molar-refractivity contribution is 6.74. The Hall–Kier alpha value is -0.653. The van der Waals surface area contributed by atoms with Crippen LogP contribution in [-0.4, -0.2) is 38.7 Å². The molecule has 0 heterocycles. The van der Waals surface area contributed by atoms with E-state index in [0.717, 1.165) is 0 Å². The van der Waals surface area contributed by atoms with Crippen LogP contribution in [0.3, 0.4) is 0 Å². The van der Waals surface area contributed by atoms with Gasteiger partial charge in [0.1, 0.15) is 0 Å². The van der Waals surface area contributed by atoms with Crippen molar-refractivity contribution in [3.05, 3.63) is 12.2 Å². The van der Waals surface area contributed by atoms with E-state index in [1.165, 1.54) is 6.08 Å². The van der Waals surface area contributed by atoms with Crippen LogP contribution in [0.25, 0.3) is 0 Å². The lowest BCUT2D eigenvalue weighted by Gasteiger charge is -2.36. The fourth-order valence-electron chi connectivity index (χ4n) is 1.30. The molecule has 0 amide bonds. The van der Waals surface area contributed by atoms with Crippen molar-refractivity contribution in [3.63, 3.8) is 0 Å². The maximum absolute atomic E-state index is 11.1. The first-order valence-electron chi connectivity index (χ1n) is 7.25. The summed E-state index contributed by atoms with van der Waals surface area (Å²) >= 11 is 0. The highest BCUT2D eigenvalue weighted by Crippen LogP contribution is 2.36. The maximum atomic E-state index is 11.1. The SMILES string of the molecule is CCOC(=O)/C=C/C[C@@H](O)CCO[Si](C)(C)C(C)(C)C. The molecule has 0 spiro atoms. The molecule has 0 radical (unpaired) electrons. The zero-order chi connectivity index (χ0) is 15.8. The van der Waals surface area contributed by atoms with E-state index in [-0.39, 0.29) is 11.0 Å². The predicted octanol–water partition coefficient (Wildman–Crippen LogP) is 3.27. The number of hydrogen-bond acceptors (Lipinski definition) is 4. The van der Waals surface area contributed by atoms with Crippen molar-refractivity contribution >= 4 is 14.3 Å². The first-order chi connectivity index (χ1) is 9.10. The van der Waals surface area contributed by atoms with E-state index in [2.05, 4.69) is 33.9 Å². The summed E-state index contributed by atoms with van der Waals surface area (Å²) in [6.07, 6.45) is 3.56. The third-order valence-corrected chi connectivity index (χ3v) is 8.21. The first kappa shape index (κ1) is 19.3. The average Bonchev–Trinajstić information content (AvgIpc) is 2.27. The molecule has 5 heteroatoms. The van der Waals surface area contributed by atoms with E-state index in [1.54, 1.807) is 13.0 Å². The summed E-state index contributed by atoms with van der Waals surface area (Å²) in [5.41, 5.74) is 0. The molecule has 0 aliphatic carbocycles. The summed E-state index contributed by atoms with van der Waals surface area (Å²) in [4.78, 5) is 11.1. The number of carbonyl (C=O) groups excluding carboxylic acids is 1. The van der Waals surface area contributed by atoms with Gasteiger partial charge in [-0.1, -0.05) is 26.8 Å². The number of rotatable bonds is 8. The summed E-state index contributed by atoms with van der Waals surface area (Å²) in [5.74, 6) is -0.364. The molecule has 0 aliphatic rings. The second kappa shape index (κ2) is 8.59. The monoisotopic (exact) mass is 302 g/mol. The van der Waals surface area contributed by atoms with Crippen LogP contribution < -0.4 is 0 Å². The minimum Gasteiger partial charge on any atom is -0.463 e. The topological polar surface area (TPSA) is 55.8 Å². The predicted molar refractivity (Wildman–Crippen MR) is 84.2 cm³/mol. The number of aliphatic hydroxyl groups is 1. The smallest absolute Gasteiger partial charge is 0.330 e. The number of esters is 1. The summed E-state index contributed by atoms with van der Waals surface area (Å²) in [7, 11) is -1.73. The first-order valence-corrected chi connectivity index (χ1v) is 10.2. The largest absolute Gasteiger partial charge is 0.463 e. The lowest BCUT2D eigenvalue weighted by Crippen LogP contribution is -2.41. The molecule has 0 saturated carbocycles. The van der Waals surface area contributed by atoms with Crippen LogP contribution in [0.1, 0.15) is 40.5 Å². The summed E-state index contributed by atoms with van der Waals surface area (Å²) in [6, 6.07) is 0. The van der Waals surface area contributed by atoms with Gasteiger partial charge in [-0.05, 0) is 37.9 Å². The molecule has 0 bridgehead atoms. The zero-order valence-electron chi connectivity index (χ0n) is 13.7. The molecule has 0 aliphatic heterocycles. The zero-order valence-corrected chi connectivity index (χ0v) is 14.7. The fraction of sp³-hybridized carbons (Fsp3) is 0.800. The standard InChI is InChI=1S/C15H30O4Si/c1-7-18-14(17)10-8-9-13(16)11-12-19-20(5,6)15(2,3)4/h8,10,13,16H,7,9,11-12H2,1-6H3/b10-8+/t13-/m1/s1. The van der Waals surface area contributed by atoms with Crippen LogP contribution in [0.2, 0.25) is 18.1 Å². The van der Waals surface area contributed by atoms with E-state index in [9.17, 15) is 9.90 Å². The van der Waals surface area contributed by atoms with Gasteiger partial charge in [0.2, 0.25) is 0 Å². The minimum atomic E-state index is -1.73. The molecule has 0 aromatic heterocycles. The molecule has 0 unspecified atom stereocenters. The van der Waals surface area contributed by atoms with Crippen LogP contribution >= 0.6 is 0 Å². The van der Waals surface area contributed by atoms with Crippen molar-refractivity contribution in [2.45, 2.75) is 64.8 Å². The molecule has 0 aromatic carbocycles. The Morgan fingerprint density at radius 1 is 1.35 bits per heavy atom. The van der Waals surface area contributed by atoms with E-state index in [4.69, 9.17) is 9.16 Å². The number of aliphatic hydroxyl groups excluding tert-OH is 1. The van der Waals surface area contributed by atoms with E-state index in [1.807, 2.05) is 0 Å². The summed E-state index contributed by atoms with van der Waals surface area (Å²) < 4.78 is 10.8. The second-order valence-electron chi connectivity index (χ2n) is 6.44. The molecule has 4 nitrogen and oxygen atoms in total. The highest BCUT2D eigenvalue weighted by atomic mass is 28.4. The Labute approximate surface area is 124 Å². The Bertz CT molecular complexity index is 318. The van der Waals surface area contributed by atoms with Gasteiger partial charge in [0, 0.05) is 12.7 Å². The van der Waals surface area contributed by atoms with Crippen molar-refractivity contribution in [1.82, 2.24) is 0 Å². The summed E-state index contributed by atoms with van der Waals surface area (Å²) in [6.45, 7) is 13.7. The highest BCUT2D eigenvalue weighted by Gasteiger charge is 2.36. The molecule has 0 fully saturated rings. The van der Waals surface area contributed by atoms with Gasteiger partial charge in [-0.3, -0.25) is 0 Å². The minimum absolute atomic E-state index is 0.182.